The average Bonchev–Trinajstić information content (AvgIpc) is 3.56. The van der Waals surface area contributed by atoms with Gasteiger partial charge in [-0.1, -0.05) is 12.1 Å². The summed E-state index contributed by atoms with van der Waals surface area (Å²) >= 11 is 0. The van der Waals surface area contributed by atoms with Gasteiger partial charge in [0, 0.05) is 48.4 Å². The largest absolute Gasteiger partial charge is 0.491 e. The quantitative estimate of drug-likeness (QED) is 0.340. The van der Waals surface area contributed by atoms with Crippen molar-refractivity contribution in [2.75, 3.05) is 38.7 Å². The van der Waals surface area contributed by atoms with E-state index in [9.17, 15) is 5.11 Å². The first-order valence-corrected chi connectivity index (χ1v) is 11.8. The zero-order valence-corrected chi connectivity index (χ0v) is 19.9. The molecule has 35 heavy (non-hydrogen) atoms. The molecule has 0 saturated carbocycles. The summed E-state index contributed by atoms with van der Waals surface area (Å²) in [6.07, 6.45) is 6.09. The molecule has 4 heterocycles. The number of benzene rings is 1. The van der Waals surface area contributed by atoms with Gasteiger partial charge in [-0.15, -0.1) is 0 Å². The molecule has 3 N–H and O–H groups in total. The van der Waals surface area contributed by atoms with Crippen molar-refractivity contribution in [1.82, 2.24) is 24.7 Å². The number of hydrogen-bond acceptors (Lipinski definition) is 8. The first kappa shape index (κ1) is 23.2. The molecule has 0 aliphatic carbocycles. The highest BCUT2D eigenvalue weighted by molar-refractivity contribution is 5.73. The monoisotopic (exact) mass is 474 g/mol. The molecule has 5 rings (SSSR count). The molecule has 9 heteroatoms. The Morgan fingerprint density at radius 3 is 2.97 bits per heavy atom. The third kappa shape index (κ3) is 5.27. The summed E-state index contributed by atoms with van der Waals surface area (Å²) in [5, 5.41) is 16.5. The summed E-state index contributed by atoms with van der Waals surface area (Å²) in [7, 11) is 1.80. The van der Waals surface area contributed by atoms with Crippen molar-refractivity contribution in [3.8, 4) is 28.4 Å². The summed E-state index contributed by atoms with van der Waals surface area (Å²) < 4.78 is 13.4. The van der Waals surface area contributed by atoms with Crippen LogP contribution in [0.3, 0.4) is 0 Å². The molecule has 1 fully saturated rings. The van der Waals surface area contributed by atoms with Crippen molar-refractivity contribution in [2.24, 2.45) is 0 Å². The lowest BCUT2D eigenvalue weighted by molar-refractivity contribution is 0.108. The normalized spacial score (nSPS) is 16.5. The highest BCUT2D eigenvalue weighted by Gasteiger charge is 2.20. The van der Waals surface area contributed by atoms with Gasteiger partial charge in [-0.25, -0.2) is 15.0 Å². The highest BCUT2D eigenvalue weighted by Crippen LogP contribution is 2.31. The van der Waals surface area contributed by atoms with Gasteiger partial charge in [0.25, 0.3) is 0 Å². The lowest BCUT2D eigenvalue weighted by Gasteiger charge is -2.18. The van der Waals surface area contributed by atoms with Crippen LogP contribution in [0.1, 0.15) is 12.0 Å². The Kier molecular flexibility index (Phi) is 6.89. The number of aromatic nitrogens is 4. The molecule has 3 aromatic heterocycles. The van der Waals surface area contributed by atoms with Gasteiger partial charge in [0.05, 0.1) is 18.3 Å². The van der Waals surface area contributed by atoms with Gasteiger partial charge in [-0.05, 0) is 44.7 Å². The number of anilines is 1. The SMILES string of the molecule is CNCC(O)COc1cccc(-c2nc(NC3CCOC3)c(C)c(-c3ccc4nccn4c3)n2)c1. The molecular formula is C26H30N6O3. The van der Waals surface area contributed by atoms with E-state index in [1.165, 1.54) is 0 Å². The standard InChI is InChI=1S/C26H30N6O3/c1-17-24(19-6-7-23-28-9-10-32(23)14-19)30-26(31-25(17)29-20-8-11-34-15-20)18-4-3-5-22(12-18)35-16-21(33)13-27-2/h3-7,9-10,12,14,20-21,27,33H,8,11,13,15-16H2,1-2H3,(H,29,30,31). The second-order valence-corrected chi connectivity index (χ2v) is 8.74. The van der Waals surface area contributed by atoms with Crippen molar-refractivity contribution in [1.29, 1.82) is 0 Å². The second-order valence-electron chi connectivity index (χ2n) is 8.74. The lowest BCUT2D eigenvalue weighted by atomic mass is 10.1. The maximum Gasteiger partial charge on any atom is 0.162 e. The Hall–Kier alpha value is -3.53. The smallest absolute Gasteiger partial charge is 0.162 e. The summed E-state index contributed by atoms with van der Waals surface area (Å²) in [5.74, 6) is 2.04. The minimum absolute atomic E-state index is 0.198. The van der Waals surface area contributed by atoms with E-state index in [0.717, 1.165) is 46.9 Å². The number of aliphatic hydroxyl groups is 1. The van der Waals surface area contributed by atoms with E-state index >= 15 is 0 Å². The van der Waals surface area contributed by atoms with Gasteiger partial charge >= 0.3 is 0 Å². The van der Waals surface area contributed by atoms with Crippen LogP contribution in [0.4, 0.5) is 5.82 Å². The number of likely N-dealkylation sites (N-methyl/N-ethyl adjacent to an activating group) is 1. The summed E-state index contributed by atoms with van der Waals surface area (Å²) in [5.41, 5.74) is 4.52. The topological polar surface area (TPSA) is 106 Å². The van der Waals surface area contributed by atoms with Gasteiger partial charge in [-0.2, -0.15) is 0 Å². The van der Waals surface area contributed by atoms with Gasteiger partial charge in [0.1, 0.15) is 29.9 Å². The first-order chi connectivity index (χ1) is 17.1. The fourth-order valence-electron chi connectivity index (χ4n) is 4.18. The predicted octanol–water partition coefficient (Wildman–Crippen LogP) is 2.93. The third-order valence-corrected chi connectivity index (χ3v) is 6.05. The van der Waals surface area contributed by atoms with Gasteiger partial charge in [0.2, 0.25) is 0 Å². The second kappa shape index (κ2) is 10.4. The van der Waals surface area contributed by atoms with E-state index in [1.54, 1.807) is 13.2 Å². The molecule has 4 aromatic rings. The number of ether oxygens (including phenoxy) is 2. The van der Waals surface area contributed by atoms with Crippen molar-refractivity contribution in [2.45, 2.75) is 25.5 Å². The molecule has 182 valence electrons. The Labute approximate surface area is 204 Å². The van der Waals surface area contributed by atoms with E-state index in [2.05, 4.69) is 15.6 Å². The first-order valence-electron chi connectivity index (χ1n) is 11.8. The number of imidazole rings is 1. The molecule has 1 saturated heterocycles. The van der Waals surface area contributed by atoms with Crippen molar-refractivity contribution in [3.05, 3.63) is 60.6 Å². The van der Waals surface area contributed by atoms with Crippen LogP contribution in [0.2, 0.25) is 0 Å². The summed E-state index contributed by atoms with van der Waals surface area (Å²) in [4.78, 5) is 14.2. The maximum absolute atomic E-state index is 9.98. The minimum Gasteiger partial charge on any atom is -0.491 e. The van der Waals surface area contributed by atoms with Crippen LogP contribution in [0.25, 0.3) is 28.3 Å². The molecule has 2 unspecified atom stereocenters. The van der Waals surface area contributed by atoms with Crippen LogP contribution in [0, 0.1) is 6.92 Å². The van der Waals surface area contributed by atoms with E-state index in [-0.39, 0.29) is 12.6 Å². The molecule has 1 aliphatic rings. The van der Waals surface area contributed by atoms with Crippen LogP contribution < -0.4 is 15.4 Å². The summed E-state index contributed by atoms with van der Waals surface area (Å²) in [6, 6.07) is 11.9. The Morgan fingerprint density at radius 2 is 2.14 bits per heavy atom. The number of fused-ring (bicyclic) bond motifs is 1. The zero-order chi connectivity index (χ0) is 24.2. The average molecular weight is 475 g/mol. The molecule has 9 nitrogen and oxygen atoms in total. The fraction of sp³-hybridized carbons (Fsp3) is 0.346. The van der Waals surface area contributed by atoms with Crippen molar-refractivity contribution >= 4 is 11.5 Å². The Bertz CT molecular complexity index is 1300. The van der Waals surface area contributed by atoms with Crippen molar-refractivity contribution in [3.63, 3.8) is 0 Å². The number of pyridine rings is 1. The van der Waals surface area contributed by atoms with Crippen LogP contribution in [-0.2, 0) is 4.74 Å². The summed E-state index contributed by atoms with van der Waals surface area (Å²) in [6.45, 7) is 4.11. The van der Waals surface area contributed by atoms with E-state index in [1.807, 2.05) is 60.1 Å². The number of aliphatic hydroxyl groups excluding tert-OH is 1. The molecule has 0 bridgehead atoms. The minimum atomic E-state index is -0.589. The third-order valence-electron chi connectivity index (χ3n) is 6.05. The van der Waals surface area contributed by atoms with Crippen LogP contribution in [-0.4, -0.2) is 70.0 Å². The zero-order valence-electron chi connectivity index (χ0n) is 19.9. The molecule has 0 amide bonds. The maximum atomic E-state index is 9.98. The van der Waals surface area contributed by atoms with E-state index in [0.29, 0.717) is 24.7 Å². The van der Waals surface area contributed by atoms with Gasteiger partial charge < -0.3 is 29.6 Å². The number of nitrogens with zero attached hydrogens (tertiary/aromatic N) is 4. The van der Waals surface area contributed by atoms with Crippen molar-refractivity contribution < 1.29 is 14.6 Å². The molecule has 1 aliphatic heterocycles. The van der Waals surface area contributed by atoms with Crippen LogP contribution >= 0.6 is 0 Å². The Balaban J connectivity index is 1.52. The van der Waals surface area contributed by atoms with Crippen LogP contribution in [0.5, 0.6) is 5.75 Å². The van der Waals surface area contributed by atoms with Crippen LogP contribution in [0.15, 0.2) is 55.0 Å². The number of hydrogen-bond donors (Lipinski definition) is 3. The molecule has 2 atom stereocenters. The fourth-order valence-corrected chi connectivity index (χ4v) is 4.18. The molecule has 1 aromatic carbocycles. The lowest BCUT2D eigenvalue weighted by Crippen LogP contribution is -2.29. The number of nitrogens with one attached hydrogen (secondary N) is 2. The molecule has 0 radical (unpaired) electrons. The highest BCUT2D eigenvalue weighted by atomic mass is 16.5. The van der Waals surface area contributed by atoms with Gasteiger partial charge in [0.15, 0.2) is 5.82 Å². The Morgan fingerprint density at radius 1 is 1.23 bits per heavy atom. The van der Waals surface area contributed by atoms with E-state index < -0.39 is 6.10 Å². The molecule has 0 spiro atoms. The number of rotatable bonds is 9. The van der Waals surface area contributed by atoms with Gasteiger partial charge in [-0.3, -0.25) is 0 Å². The predicted molar refractivity (Wildman–Crippen MR) is 135 cm³/mol. The van der Waals surface area contributed by atoms with E-state index in [4.69, 9.17) is 19.4 Å². The molecular weight excluding hydrogens is 444 g/mol.